The highest BCUT2D eigenvalue weighted by atomic mass is 35.5. The SMILES string of the molecule is O=C(CN1CCN(c2ccc(O)cc2)CC1)NCc1cccc(Cl)c1. The van der Waals surface area contributed by atoms with Gasteiger partial charge in [0, 0.05) is 43.4 Å². The lowest BCUT2D eigenvalue weighted by atomic mass is 10.2. The molecule has 0 spiro atoms. The molecule has 0 unspecified atom stereocenters. The number of rotatable bonds is 5. The van der Waals surface area contributed by atoms with E-state index >= 15 is 0 Å². The molecule has 3 rings (SSSR count). The van der Waals surface area contributed by atoms with Crippen molar-refractivity contribution in [2.75, 3.05) is 37.6 Å². The summed E-state index contributed by atoms with van der Waals surface area (Å²) in [5.74, 6) is 0.303. The van der Waals surface area contributed by atoms with Crippen molar-refractivity contribution in [1.29, 1.82) is 0 Å². The van der Waals surface area contributed by atoms with Crippen LogP contribution in [0.4, 0.5) is 5.69 Å². The molecule has 132 valence electrons. The third kappa shape index (κ3) is 5.11. The van der Waals surface area contributed by atoms with Crippen LogP contribution < -0.4 is 10.2 Å². The number of carbonyl (C=O) groups is 1. The van der Waals surface area contributed by atoms with Gasteiger partial charge < -0.3 is 15.3 Å². The first kappa shape index (κ1) is 17.6. The molecule has 1 amide bonds. The van der Waals surface area contributed by atoms with Gasteiger partial charge in [-0.15, -0.1) is 0 Å². The van der Waals surface area contributed by atoms with Crippen LogP contribution in [0, 0.1) is 0 Å². The highest BCUT2D eigenvalue weighted by Crippen LogP contribution is 2.19. The van der Waals surface area contributed by atoms with E-state index in [-0.39, 0.29) is 11.7 Å². The molecule has 0 aliphatic carbocycles. The third-order valence-corrected chi connectivity index (χ3v) is 4.57. The summed E-state index contributed by atoms with van der Waals surface area (Å²) in [5, 5.41) is 13.0. The van der Waals surface area contributed by atoms with Crippen molar-refractivity contribution in [1.82, 2.24) is 10.2 Å². The molecule has 25 heavy (non-hydrogen) atoms. The number of benzene rings is 2. The van der Waals surface area contributed by atoms with E-state index in [0.717, 1.165) is 37.4 Å². The van der Waals surface area contributed by atoms with Gasteiger partial charge in [0.2, 0.25) is 5.91 Å². The van der Waals surface area contributed by atoms with Crippen LogP contribution in [0.1, 0.15) is 5.56 Å². The number of hydrogen-bond acceptors (Lipinski definition) is 4. The second-order valence-corrected chi connectivity index (χ2v) is 6.62. The quantitative estimate of drug-likeness (QED) is 0.861. The zero-order valence-corrected chi connectivity index (χ0v) is 14.7. The van der Waals surface area contributed by atoms with Crippen molar-refractivity contribution in [2.45, 2.75) is 6.54 Å². The maximum Gasteiger partial charge on any atom is 0.234 e. The maximum atomic E-state index is 12.1. The standard InChI is InChI=1S/C19H22ClN3O2/c20-16-3-1-2-15(12-16)13-21-19(25)14-22-8-10-23(11-9-22)17-4-6-18(24)7-5-17/h1-7,12,24H,8-11,13-14H2,(H,21,25). The molecule has 1 fully saturated rings. The predicted molar refractivity (Wildman–Crippen MR) is 100 cm³/mol. The zero-order valence-electron chi connectivity index (χ0n) is 14.0. The number of piperazine rings is 1. The van der Waals surface area contributed by atoms with Crippen molar-refractivity contribution in [3.05, 3.63) is 59.1 Å². The number of anilines is 1. The summed E-state index contributed by atoms with van der Waals surface area (Å²) in [7, 11) is 0. The molecule has 2 aromatic rings. The third-order valence-electron chi connectivity index (χ3n) is 4.33. The molecule has 0 radical (unpaired) electrons. The Morgan fingerprint density at radius 3 is 2.48 bits per heavy atom. The van der Waals surface area contributed by atoms with Gasteiger partial charge >= 0.3 is 0 Å². The number of amides is 1. The number of nitrogens with one attached hydrogen (secondary N) is 1. The molecule has 2 aromatic carbocycles. The Kier molecular flexibility index (Phi) is 5.79. The van der Waals surface area contributed by atoms with E-state index in [0.29, 0.717) is 18.1 Å². The lowest BCUT2D eigenvalue weighted by Crippen LogP contribution is -2.49. The lowest BCUT2D eigenvalue weighted by Gasteiger charge is -2.35. The first-order valence-corrected chi connectivity index (χ1v) is 8.75. The minimum absolute atomic E-state index is 0.0260. The second-order valence-electron chi connectivity index (χ2n) is 6.19. The zero-order chi connectivity index (χ0) is 17.6. The highest BCUT2D eigenvalue weighted by Gasteiger charge is 2.19. The first-order valence-electron chi connectivity index (χ1n) is 8.37. The number of phenols is 1. The van der Waals surface area contributed by atoms with Crippen LogP contribution in [0.15, 0.2) is 48.5 Å². The average Bonchev–Trinajstić information content (AvgIpc) is 2.62. The van der Waals surface area contributed by atoms with Gasteiger partial charge in [-0.05, 0) is 42.0 Å². The summed E-state index contributed by atoms with van der Waals surface area (Å²) in [6.07, 6.45) is 0. The van der Waals surface area contributed by atoms with Crippen LogP contribution in [-0.4, -0.2) is 48.6 Å². The van der Waals surface area contributed by atoms with E-state index in [1.54, 1.807) is 12.1 Å². The van der Waals surface area contributed by atoms with Gasteiger partial charge in [-0.2, -0.15) is 0 Å². The summed E-state index contributed by atoms with van der Waals surface area (Å²) >= 11 is 5.95. The normalized spacial score (nSPS) is 15.2. The van der Waals surface area contributed by atoms with Gasteiger partial charge in [-0.3, -0.25) is 9.69 Å². The summed E-state index contributed by atoms with van der Waals surface area (Å²) < 4.78 is 0. The summed E-state index contributed by atoms with van der Waals surface area (Å²) in [6.45, 7) is 4.31. The minimum Gasteiger partial charge on any atom is -0.508 e. The number of phenolic OH excluding ortho intramolecular Hbond substituents is 1. The van der Waals surface area contributed by atoms with Gasteiger partial charge in [-0.1, -0.05) is 23.7 Å². The molecular formula is C19H22ClN3O2. The van der Waals surface area contributed by atoms with Gasteiger partial charge in [0.15, 0.2) is 0 Å². The number of aromatic hydroxyl groups is 1. The number of carbonyl (C=O) groups excluding carboxylic acids is 1. The minimum atomic E-state index is 0.0260. The number of hydrogen-bond donors (Lipinski definition) is 2. The highest BCUT2D eigenvalue weighted by molar-refractivity contribution is 6.30. The summed E-state index contributed by atoms with van der Waals surface area (Å²) in [5.41, 5.74) is 2.10. The Labute approximate surface area is 152 Å². The summed E-state index contributed by atoms with van der Waals surface area (Å²) in [4.78, 5) is 16.6. The lowest BCUT2D eigenvalue weighted by molar-refractivity contribution is -0.122. The van der Waals surface area contributed by atoms with Gasteiger partial charge in [0.1, 0.15) is 5.75 Å². The Bertz CT molecular complexity index is 713. The molecule has 1 aliphatic heterocycles. The van der Waals surface area contributed by atoms with E-state index in [2.05, 4.69) is 15.1 Å². The van der Waals surface area contributed by atoms with Crippen molar-refractivity contribution in [3.63, 3.8) is 0 Å². The Morgan fingerprint density at radius 2 is 1.80 bits per heavy atom. The van der Waals surface area contributed by atoms with Crippen LogP contribution in [0.5, 0.6) is 5.75 Å². The fourth-order valence-electron chi connectivity index (χ4n) is 2.93. The van der Waals surface area contributed by atoms with Gasteiger partial charge in [-0.25, -0.2) is 0 Å². The molecule has 0 saturated carbocycles. The van der Waals surface area contributed by atoms with Crippen LogP contribution >= 0.6 is 11.6 Å². The number of halogens is 1. The van der Waals surface area contributed by atoms with Gasteiger partial charge in [0.05, 0.1) is 6.54 Å². The molecule has 0 aromatic heterocycles. The van der Waals surface area contributed by atoms with E-state index in [1.807, 2.05) is 36.4 Å². The fourth-order valence-corrected chi connectivity index (χ4v) is 3.15. The molecule has 0 atom stereocenters. The Hall–Kier alpha value is -2.24. The molecule has 0 bridgehead atoms. The molecule has 1 heterocycles. The van der Waals surface area contributed by atoms with E-state index < -0.39 is 0 Å². The predicted octanol–water partition coefficient (Wildman–Crippen LogP) is 2.48. The van der Waals surface area contributed by atoms with Crippen LogP contribution in [0.25, 0.3) is 0 Å². The Balaban J connectivity index is 1.42. The van der Waals surface area contributed by atoms with Crippen LogP contribution in [-0.2, 0) is 11.3 Å². The molecule has 6 heteroatoms. The van der Waals surface area contributed by atoms with E-state index in [1.165, 1.54) is 0 Å². The van der Waals surface area contributed by atoms with Crippen molar-refractivity contribution in [3.8, 4) is 5.75 Å². The molecule has 1 aliphatic rings. The fraction of sp³-hybridized carbons (Fsp3) is 0.316. The number of nitrogens with zero attached hydrogens (tertiary/aromatic N) is 2. The van der Waals surface area contributed by atoms with Crippen LogP contribution in [0.3, 0.4) is 0 Å². The van der Waals surface area contributed by atoms with Gasteiger partial charge in [0.25, 0.3) is 0 Å². The first-order chi connectivity index (χ1) is 12.1. The monoisotopic (exact) mass is 359 g/mol. The average molecular weight is 360 g/mol. The largest absolute Gasteiger partial charge is 0.508 e. The topological polar surface area (TPSA) is 55.8 Å². The molecular weight excluding hydrogens is 338 g/mol. The van der Waals surface area contributed by atoms with Crippen LogP contribution in [0.2, 0.25) is 5.02 Å². The Morgan fingerprint density at radius 1 is 1.08 bits per heavy atom. The van der Waals surface area contributed by atoms with Crippen molar-refractivity contribution >= 4 is 23.2 Å². The van der Waals surface area contributed by atoms with E-state index in [9.17, 15) is 9.90 Å². The second kappa shape index (κ2) is 8.23. The smallest absolute Gasteiger partial charge is 0.234 e. The van der Waals surface area contributed by atoms with Crippen molar-refractivity contribution < 1.29 is 9.90 Å². The maximum absolute atomic E-state index is 12.1. The molecule has 2 N–H and O–H groups in total. The molecule has 1 saturated heterocycles. The summed E-state index contributed by atoms with van der Waals surface area (Å²) in [6, 6.07) is 14.7. The van der Waals surface area contributed by atoms with E-state index in [4.69, 9.17) is 11.6 Å². The van der Waals surface area contributed by atoms with Crippen molar-refractivity contribution in [2.24, 2.45) is 0 Å². The molecule has 5 nitrogen and oxygen atoms in total.